The van der Waals surface area contributed by atoms with Crippen molar-refractivity contribution in [2.75, 3.05) is 5.33 Å². The first kappa shape index (κ1) is 17.0. The van der Waals surface area contributed by atoms with Gasteiger partial charge in [-0.1, -0.05) is 74.2 Å². The maximum absolute atomic E-state index is 11.7. The summed E-state index contributed by atoms with van der Waals surface area (Å²) in [7, 11) is 0. The van der Waals surface area contributed by atoms with Crippen LogP contribution >= 0.6 is 15.9 Å². The van der Waals surface area contributed by atoms with Gasteiger partial charge in [0.1, 0.15) is 0 Å². The molecule has 1 rings (SSSR count). The second kappa shape index (κ2) is 9.79. The van der Waals surface area contributed by atoms with Gasteiger partial charge >= 0.3 is 0 Å². The Morgan fingerprint density at radius 2 is 1.53 bits per heavy atom. The molecule has 1 aliphatic rings. The molecule has 0 aromatic heterocycles. The van der Waals surface area contributed by atoms with Crippen LogP contribution in [-0.2, 0) is 4.79 Å². The summed E-state index contributed by atoms with van der Waals surface area (Å²) in [5.74, 6) is 0.250. The van der Waals surface area contributed by atoms with Gasteiger partial charge in [-0.2, -0.15) is 0 Å². The van der Waals surface area contributed by atoms with Crippen molar-refractivity contribution >= 4 is 21.8 Å². The molecule has 19 heavy (non-hydrogen) atoms. The minimum atomic E-state index is 0.121. The van der Waals surface area contributed by atoms with E-state index in [0.717, 1.165) is 24.6 Å². The summed E-state index contributed by atoms with van der Waals surface area (Å²) in [5.41, 5.74) is 0.121. The van der Waals surface area contributed by atoms with E-state index in [9.17, 15) is 4.79 Å². The zero-order valence-electron chi connectivity index (χ0n) is 12.5. The van der Waals surface area contributed by atoms with Crippen molar-refractivity contribution in [2.24, 2.45) is 0 Å². The number of carbonyl (C=O) groups is 1. The number of carbonyl (C=O) groups excluding carboxylic acids is 1. The van der Waals surface area contributed by atoms with Gasteiger partial charge in [0, 0.05) is 17.3 Å². The summed E-state index contributed by atoms with van der Waals surface area (Å²) in [6, 6.07) is 0. The van der Waals surface area contributed by atoms with Crippen molar-refractivity contribution in [3.8, 4) is 0 Å². The lowest BCUT2D eigenvalue weighted by atomic mass is 10.1. The third-order valence-electron chi connectivity index (χ3n) is 4.02. The molecule has 1 aliphatic carbocycles. The van der Waals surface area contributed by atoms with Crippen molar-refractivity contribution < 1.29 is 4.79 Å². The Hall–Kier alpha value is -0.0500. The molecule has 0 aromatic carbocycles. The van der Waals surface area contributed by atoms with Crippen LogP contribution in [0, 0.1) is 0 Å². The van der Waals surface area contributed by atoms with E-state index in [0.29, 0.717) is 6.42 Å². The fourth-order valence-electron chi connectivity index (χ4n) is 2.40. The fraction of sp³-hybridized carbons (Fsp3) is 0.938. The highest BCUT2D eigenvalue weighted by atomic mass is 79.9. The number of unbranched alkanes of at least 4 members (excludes halogenated alkanes) is 8. The molecule has 0 unspecified atom stereocenters. The van der Waals surface area contributed by atoms with E-state index >= 15 is 0 Å². The minimum absolute atomic E-state index is 0.121. The van der Waals surface area contributed by atoms with Crippen LogP contribution in [0.2, 0.25) is 0 Å². The largest absolute Gasteiger partial charge is 0.350 e. The first-order valence-electron chi connectivity index (χ1n) is 8.09. The summed E-state index contributed by atoms with van der Waals surface area (Å²) < 4.78 is 0. The highest BCUT2D eigenvalue weighted by Crippen LogP contribution is 2.36. The van der Waals surface area contributed by atoms with E-state index in [1.54, 1.807) is 0 Å². The van der Waals surface area contributed by atoms with Crippen molar-refractivity contribution in [3.05, 3.63) is 0 Å². The van der Waals surface area contributed by atoms with Gasteiger partial charge < -0.3 is 5.32 Å². The zero-order chi connectivity index (χ0) is 14.0. The summed E-state index contributed by atoms with van der Waals surface area (Å²) in [4.78, 5) is 11.7. The highest BCUT2D eigenvalue weighted by molar-refractivity contribution is 9.09. The van der Waals surface area contributed by atoms with E-state index in [-0.39, 0.29) is 11.4 Å². The average molecular weight is 332 g/mol. The van der Waals surface area contributed by atoms with Crippen LogP contribution < -0.4 is 5.32 Å². The van der Waals surface area contributed by atoms with Gasteiger partial charge in [0.05, 0.1) is 0 Å². The second-order valence-electron chi connectivity index (χ2n) is 6.04. The number of rotatable bonds is 12. The molecule has 0 bridgehead atoms. The topological polar surface area (TPSA) is 29.1 Å². The summed E-state index contributed by atoms with van der Waals surface area (Å²) in [5, 5.41) is 4.06. The number of hydrogen-bond donors (Lipinski definition) is 1. The molecule has 0 saturated heterocycles. The van der Waals surface area contributed by atoms with Crippen molar-refractivity contribution in [1.29, 1.82) is 0 Å². The van der Waals surface area contributed by atoms with Crippen LogP contribution in [0.3, 0.4) is 0 Å². The van der Waals surface area contributed by atoms with Gasteiger partial charge in [-0.25, -0.2) is 0 Å². The molecule has 112 valence electrons. The van der Waals surface area contributed by atoms with Crippen molar-refractivity contribution in [3.63, 3.8) is 0 Å². The molecule has 1 fully saturated rings. The molecule has 1 saturated carbocycles. The Morgan fingerprint density at radius 3 is 2.00 bits per heavy atom. The number of halogens is 1. The molecule has 2 nitrogen and oxygen atoms in total. The number of amides is 1. The first-order chi connectivity index (χ1) is 9.22. The Labute approximate surface area is 127 Å². The molecule has 0 heterocycles. The van der Waals surface area contributed by atoms with Crippen LogP contribution in [-0.4, -0.2) is 16.8 Å². The second-order valence-corrected chi connectivity index (χ2v) is 6.60. The summed E-state index contributed by atoms with van der Waals surface area (Å²) in [6.45, 7) is 2.26. The van der Waals surface area contributed by atoms with Gasteiger partial charge in [0.25, 0.3) is 0 Å². The Balaban J connectivity index is 1.84. The Morgan fingerprint density at radius 1 is 1.00 bits per heavy atom. The Bertz CT molecular complexity index is 251. The van der Waals surface area contributed by atoms with Crippen LogP contribution in [0.25, 0.3) is 0 Å². The Kier molecular flexibility index (Phi) is 8.76. The maximum Gasteiger partial charge on any atom is 0.220 e. The first-order valence-corrected chi connectivity index (χ1v) is 9.21. The molecule has 0 aliphatic heterocycles. The molecule has 0 aromatic rings. The number of alkyl halides is 1. The monoisotopic (exact) mass is 331 g/mol. The van der Waals surface area contributed by atoms with Gasteiger partial charge in [0.15, 0.2) is 0 Å². The molecule has 3 heteroatoms. The van der Waals surface area contributed by atoms with Crippen molar-refractivity contribution in [1.82, 2.24) is 5.32 Å². The number of hydrogen-bond acceptors (Lipinski definition) is 1. The smallest absolute Gasteiger partial charge is 0.220 e. The van der Waals surface area contributed by atoms with Gasteiger partial charge in [-0.05, 0) is 19.3 Å². The molecule has 1 N–H and O–H groups in total. The standard InChI is InChI=1S/C16H30BrNO/c1-2-3-4-5-6-7-8-9-10-11-15(19)18-16(14-17)12-13-16/h2-14H2,1H3,(H,18,19). The van der Waals surface area contributed by atoms with Crippen molar-refractivity contribution in [2.45, 2.75) is 89.5 Å². The maximum atomic E-state index is 11.7. The lowest BCUT2D eigenvalue weighted by molar-refractivity contribution is -0.122. The van der Waals surface area contributed by atoms with Crippen LogP contribution in [0.1, 0.15) is 84.0 Å². The normalized spacial score (nSPS) is 16.3. The lowest BCUT2D eigenvalue weighted by Gasteiger charge is -2.13. The number of nitrogens with one attached hydrogen (secondary N) is 1. The summed E-state index contributed by atoms with van der Waals surface area (Å²) in [6.07, 6.45) is 14.8. The quantitative estimate of drug-likeness (QED) is 0.397. The molecule has 1 amide bonds. The molecule has 0 radical (unpaired) electrons. The average Bonchev–Trinajstić information content (AvgIpc) is 3.17. The summed E-state index contributed by atoms with van der Waals surface area (Å²) >= 11 is 3.48. The van der Waals surface area contributed by atoms with E-state index in [1.807, 2.05) is 0 Å². The highest BCUT2D eigenvalue weighted by Gasteiger charge is 2.42. The lowest BCUT2D eigenvalue weighted by Crippen LogP contribution is -2.37. The van der Waals surface area contributed by atoms with E-state index in [4.69, 9.17) is 0 Å². The van der Waals surface area contributed by atoms with Crippen LogP contribution in [0.4, 0.5) is 0 Å². The molecule has 0 spiro atoms. The third-order valence-corrected chi connectivity index (χ3v) is 5.09. The zero-order valence-corrected chi connectivity index (χ0v) is 14.1. The van der Waals surface area contributed by atoms with E-state index in [2.05, 4.69) is 28.2 Å². The molecular formula is C16H30BrNO. The van der Waals surface area contributed by atoms with Crippen LogP contribution in [0.15, 0.2) is 0 Å². The molecule has 0 atom stereocenters. The predicted molar refractivity (Wildman–Crippen MR) is 85.7 cm³/mol. The van der Waals surface area contributed by atoms with Crippen LogP contribution in [0.5, 0.6) is 0 Å². The van der Waals surface area contributed by atoms with E-state index < -0.39 is 0 Å². The molecular weight excluding hydrogens is 302 g/mol. The van der Waals surface area contributed by atoms with Gasteiger partial charge in [-0.15, -0.1) is 0 Å². The van der Waals surface area contributed by atoms with Gasteiger partial charge in [0.2, 0.25) is 5.91 Å². The third kappa shape index (κ3) is 7.96. The fourth-order valence-corrected chi connectivity index (χ4v) is 3.10. The van der Waals surface area contributed by atoms with Gasteiger partial charge in [-0.3, -0.25) is 4.79 Å². The predicted octanol–water partition coefficient (Wildman–Crippen LogP) is 4.95. The minimum Gasteiger partial charge on any atom is -0.350 e. The SMILES string of the molecule is CCCCCCCCCCCC(=O)NC1(CBr)CC1. The van der Waals surface area contributed by atoms with E-state index in [1.165, 1.54) is 51.4 Å².